The molecular weight excluding hydrogens is 176 g/mol. The fraction of sp³-hybridized carbons (Fsp3) is 1.00. The minimum absolute atomic E-state index is 0.398. The third-order valence-corrected chi connectivity index (χ3v) is 3.37. The molecule has 0 saturated carbocycles. The van der Waals surface area contributed by atoms with E-state index in [-0.39, 0.29) is 0 Å². The van der Waals surface area contributed by atoms with Gasteiger partial charge in [0.05, 0.1) is 0 Å². The standard InChI is InChI=1S/C5H9F2NO2S/c6-5(7)4-11(9,10)8-2-1-3-8/h5H,1-4H2. The van der Waals surface area contributed by atoms with Gasteiger partial charge in [0.15, 0.2) is 0 Å². The van der Waals surface area contributed by atoms with Crippen molar-refractivity contribution >= 4 is 10.0 Å². The van der Waals surface area contributed by atoms with E-state index in [1.54, 1.807) is 0 Å². The van der Waals surface area contributed by atoms with Crippen LogP contribution < -0.4 is 0 Å². The summed E-state index contributed by atoms with van der Waals surface area (Å²) in [5, 5.41) is 0. The van der Waals surface area contributed by atoms with E-state index in [4.69, 9.17) is 0 Å². The molecule has 1 rings (SSSR count). The third-order valence-electron chi connectivity index (χ3n) is 1.55. The monoisotopic (exact) mass is 185 g/mol. The first kappa shape index (κ1) is 8.86. The fourth-order valence-electron chi connectivity index (χ4n) is 0.830. The molecule has 0 aliphatic carbocycles. The quantitative estimate of drug-likeness (QED) is 0.633. The Balaban J connectivity index is 2.52. The highest BCUT2D eigenvalue weighted by molar-refractivity contribution is 7.89. The van der Waals surface area contributed by atoms with Gasteiger partial charge in [-0.1, -0.05) is 0 Å². The van der Waals surface area contributed by atoms with Gasteiger partial charge in [-0.05, 0) is 6.42 Å². The van der Waals surface area contributed by atoms with Crippen molar-refractivity contribution < 1.29 is 17.2 Å². The lowest BCUT2D eigenvalue weighted by Crippen LogP contribution is -2.44. The van der Waals surface area contributed by atoms with Crippen molar-refractivity contribution in [3.8, 4) is 0 Å². The molecule has 1 aliphatic rings. The van der Waals surface area contributed by atoms with E-state index in [0.29, 0.717) is 13.1 Å². The van der Waals surface area contributed by atoms with E-state index in [9.17, 15) is 17.2 Å². The van der Waals surface area contributed by atoms with E-state index in [1.165, 1.54) is 0 Å². The molecule has 0 bridgehead atoms. The zero-order valence-electron chi connectivity index (χ0n) is 5.83. The van der Waals surface area contributed by atoms with Crippen LogP contribution in [0.25, 0.3) is 0 Å². The highest BCUT2D eigenvalue weighted by atomic mass is 32.2. The molecular formula is C5H9F2NO2S. The van der Waals surface area contributed by atoms with Gasteiger partial charge in [-0.15, -0.1) is 0 Å². The van der Waals surface area contributed by atoms with Crippen LogP contribution in [0.3, 0.4) is 0 Å². The van der Waals surface area contributed by atoms with E-state index >= 15 is 0 Å². The van der Waals surface area contributed by atoms with Crippen molar-refractivity contribution in [1.82, 2.24) is 4.31 Å². The maximum atomic E-state index is 11.6. The van der Waals surface area contributed by atoms with Crippen LogP contribution in [-0.4, -0.2) is 38.0 Å². The number of hydrogen-bond acceptors (Lipinski definition) is 2. The largest absolute Gasteiger partial charge is 0.253 e. The van der Waals surface area contributed by atoms with Gasteiger partial charge in [-0.2, -0.15) is 0 Å². The third kappa shape index (κ3) is 2.10. The topological polar surface area (TPSA) is 37.4 Å². The second kappa shape index (κ2) is 3.02. The maximum Gasteiger partial charge on any atom is 0.253 e. The molecule has 66 valence electrons. The molecule has 0 radical (unpaired) electrons. The highest BCUT2D eigenvalue weighted by Gasteiger charge is 2.30. The Morgan fingerprint density at radius 2 is 1.91 bits per heavy atom. The van der Waals surface area contributed by atoms with Gasteiger partial charge >= 0.3 is 0 Å². The molecule has 0 aromatic rings. The summed E-state index contributed by atoms with van der Waals surface area (Å²) in [5.41, 5.74) is 0. The molecule has 1 aliphatic heterocycles. The lowest BCUT2D eigenvalue weighted by atomic mass is 10.3. The summed E-state index contributed by atoms with van der Waals surface area (Å²) in [6, 6.07) is 0. The molecule has 1 saturated heterocycles. The van der Waals surface area contributed by atoms with Crippen molar-refractivity contribution in [3.05, 3.63) is 0 Å². The van der Waals surface area contributed by atoms with Gasteiger partial charge in [-0.3, -0.25) is 0 Å². The Morgan fingerprint density at radius 1 is 1.36 bits per heavy atom. The number of rotatable bonds is 3. The highest BCUT2D eigenvalue weighted by Crippen LogP contribution is 2.14. The predicted octanol–water partition coefficient (Wildman–Crippen LogP) is 0.287. The second-order valence-electron chi connectivity index (χ2n) is 2.42. The van der Waals surface area contributed by atoms with Crippen molar-refractivity contribution in [2.45, 2.75) is 12.8 Å². The SMILES string of the molecule is O=S(=O)(CC(F)F)N1CCC1. The molecule has 6 heteroatoms. The molecule has 11 heavy (non-hydrogen) atoms. The fourth-order valence-corrected chi connectivity index (χ4v) is 2.17. The van der Waals surface area contributed by atoms with E-state index in [0.717, 1.165) is 10.7 Å². The average Bonchev–Trinajstić information content (AvgIpc) is 1.50. The molecule has 0 aromatic carbocycles. The number of halogens is 2. The Morgan fingerprint density at radius 3 is 2.18 bits per heavy atom. The van der Waals surface area contributed by atoms with Gasteiger partial charge in [0, 0.05) is 13.1 Å². The Kier molecular flexibility index (Phi) is 2.43. The summed E-state index contributed by atoms with van der Waals surface area (Å²) in [4.78, 5) is 0. The average molecular weight is 185 g/mol. The Labute approximate surface area is 64.0 Å². The lowest BCUT2D eigenvalue weighted by molar-refractivity contribution is 0.170. The van der Waals surface area contributed by atoms with Crippen LogP contribution in [0.2, 0.25) is 0 Å². The summed E-state index contributed by atoms with van der Waals surface area (Å²) in [5.74, 6) is -1.03. The molecule has 0 aromatic heterocycles. The Bertz CT molecular complexity index is 223. The molecule has 0 amide bonds. The van der Waals surface area contributed by atoms with Crippen LogP contribution in [0.5, 0.6) is 0 Å². The van der Waals surface area contributed by atoms with E-state index < -0.39 is 22.2 Å². The van der Waals surface area contributed by atoms with Crippen LogP contribution in [0.1, 0.15) is 6.42 Å². The van der Waals surface area contributed by atoms with Crippen molar-refractivity contribution in [1.29, 1.82) is 0 Å². The molecule has 0 N–H and O–H groups in total. The number of nitrogens with zero attached hydrogens (tertiary/aromatic N) is 1. The van der Waals surface area contributed by atoms with Gasteiger partial charge in [0.2, 0.25) is 10.0 Å². The number of alkyl halides is 2. The zero-order chi connectivity index (χ0) is 8.48. The molecule has 1 fully saturated rings. The van der Waals surface area contributed by atoms with E-state index in [2.05, 4.69) is 0 Å². The minimum Gasteiger partial charge on any atom is -0.212 e. The van der Waals surface area contributed by atoms with Gasteiger partial charge in [0.1, 0.15) is 5.75 Å². The molecule has 0 unspecified atom stereocenters. The number of hydrogen-bond donors (Lipinski definition) is 0. The summed E-state index contributed by atoms with van der Waals surface area (Å²) in [7, 11) is -3.64. The van der Waals surface area contributed by atoms with Gasteiger partial charge in [-0.25, -0.2) is 21.5 Å². The first-order chi connectivity index (χ1) is 5.02. The van der Waals surface area contributed by atoms with Crippen LogP contribution in [-0.2, 0) is 10.0 Å². The number of sulfonamides is 1. The molecule has 3 nitrogen and oxygen atoms in total. The minimum atomic E-state index is -3.64. The van der Waals surface area contributed by atoms with Crippen LogP contribution in [0, 0.1) is 0 Å². The molecule has 1 heterocycles. The molecule has 0 atom stereocenters. The predicted molar refractivity (Wildman–Crippen MR) is 36.0 cm³/mol. The van der Waals surface area contributed by atoms with Crippen LogP contribution >= 0.6 is 0 Å². The first-order valence-corrected chi connectivity index (χ1v) is 4.89. The van der Waals surface area contributed by atoms with Crippen molar-refractivity contribution in [3.63, 3.8) is 0 Å². The first-order valence-electron chi connectivity index (χ1n) is 3.28. The van der Waals surface area contributed by atoms with Gasteiger partial charge < -0.3 is 0 Å². The van der Waals surface area contributed by atoms with Crippen molar-refractivity contribution in [2.75, 3.05) is 18.8 Å². The van der Waals surface area contributed by atoms with Crippen molar-refractivity contribution in [2.24, 2.45) is 0 Å². The van der Waals surface area contributed by atoms with Crippen LogP contribution in [0.4, 0.5) is 8.78 Å². The Hall–Kier alpha value is -0.230. The summed E-state index contributed by atoms with van der Waals surface area (Å²) in [6.45, 7) is 0.796. The summed E-state index contributed by atoms with van der Waals surface area (Å²) >= 11 is 0. The second-order valence-corrected chi connectivity index (χ2v) is 4.44. The molecule has 0 spiro atoms. The maximum absolute atomic E-state index is 11.6. The zero-order valence-corrected chi connectivity index (χ0v) is 6.65. The van der Waals surface area contributed by atoms with E-state index in [1.807, 2.05) is 0 Å². The van der Waals surface area contributed by atoms with Gasteiger partial charge in [0.25, 0.3) is 6.43 Å². The lowest BCUT2D eigenvalue weighted by Gasteiger charge is -2.29. The van der Waals surface area contributed by atoms with Crippen LogP contribution in [0.15, 0.2) is 0 Å². The normalized spacial score (nSPS) is 20.3. The summed E-state index contributed by atoms with van der Waals surface area (Å²) in [6.07, 6.45) is -1.98. The summed E-state index contributed by atoms with van der Waals surface area (Å²) < 4.78 is 46.1. The smallest absolute Gasteiger partial charge is 0.212 e.